The number of nitrogens with two attached hydrogens (primary N) is 2. The number of hydrogen-bond acceptors (Lipinski definition) is 2. The van der Waals surface area contributed by atoms with Gasteiger partial charge in [0.05, 0.1) is 0 Å². The van der Waals surface area contributed by atoms with Crippen LogP contribution in [0.5, 0.6) is 0 Å². The molecule has 0 saturated heterocycles. The van der Waals surface area contributed by atoms with Crippen molar-refractivity contribution in [2.75, 3.05) is 0 Å². The van der Waals surface area contributed by atoms with Gasteiger partial charge in [0.25, 0.3) is 0 Å². The summed E-state index contributed by atoms with van der Waals surface area (Å²) in [5, 5.41) is 0. The van der Waals surface area contributed by atoms with Gasteiger partial charge in [-0.1, -0.05) is 23.8 Å². The third kappa shape index (κ3) is 1.60. The number of aryl methyl sites for hydroxylation is 2. The van der Waals surface area contributed by atoms with E-state index in [2.05, 4.69) is 0 Å². The van der Waals surface area contributed by atoms with Crippen molar-refractivity contribution in [3.05, 3.63) is 34.9 Å². The Morgan fingerprint density at radius 1 is 1.24 bits per heavy atom. The lowest BCUT2D eigenvalue weighted by molar-refractivity contribution is -0.133. The molecule has 1 unspecified atom stereocenters. The molecule has 0 aliphatic heterocycles. The molecule has 0 spiro atoms. The zero-order valence-electron chi connectivity index (χ0n) is 9.99. The molecule has 1 aliphatic rings. The Morgan fingerprint density at radius 3 is 2.24 bits per heavy atom. The minimum Gasteiger partial charge on any atom is -0.369 e. The fourth-order valence-electron chi connectivity index (χ4n) is 2.52. The maximum atomic E-state index is 11.4. The van der Waals surface area contributed by atoms with Crippen molar-refractivity contribution in [3.63, 3.8) is 0 Å². The summed E-state index contributed by atoms with van der Waals surface area (Å²) in [6.07, 6.45) is 0.432. The predicted octanol–water partition coefficient (Wildman–Crippen LogP) is 0.748. The highest BCUT2D eigenvalue weighted by molar-refractivity contribution is 6.08. The molecule has 1 saturated carbocycles. The van der Waals surface area contributed by atoms with Gasteiger partial charge in [-0.25, -0.2) is 0 Å². The number of amides is 2. The summed E-state index contributed by atoms with van der Waals surface area (Å²) in [6, 6.07) is 5.94. The Balaban J connectivity index is 2.39. The Bertz CT molecular complexity index is 494. The molecular formula is C13H16N2O2. The molecule has 0 aromatic heterocycles. The lowest BCUT2D eigenvalue weighted by Crippen LogP contribution is -2.38. The summed E-state index contributed by atoms with van der Waals surface area (Å²) in [5.41, 5.74) is 12.6. The zero-order chi connectivity index (χ0) is 12.8. The van der Waals surface area contributed by atoms with Crippen LogP contribution in [0.15, 0.2) is 18.2 Å². The van der Waals surface area contributed by atoms with Crippen molar-refractivity contribution >= 4 is 11.8 Å². The first-order chi connectivity index (χ1) is 7.89. The van der Waals surface area contributed by atoms with Crippen LogP contribution in [0, 0.1) is 19.3 Å². The Kier molecular flexibility index (Phi) is 2.45. The van der Waals surface area contributed by atoms with Gasteiger partial charge in [0.1, 0.15) is 5.41 Å². The number of carbonyl (C=O) groups is 2. The highest BCUT2D eigenvalue weighted by atomic mass is 16.2. The SMILES string of the molecule is Cc1ccc(C2CC2(C(N)=O)C(N)=O)c(C)c1. The average Bonchev–Trinajstić information content (AvgIpc) is 2.93. The van der Waals surface area contributed by atoms with E-state index in [0.717, 1.165) is 16.7 Å². The first-order valence-corrected chi connectivity index (χ1v) is 5.56. The van der Waals surface area contributed by atoms with E-state index < -0.39 is 17.2 Å². The smallest absolute Gasteiger partial charge is 0.233 e. The van der Waals surface area contributed by atoms with Crippen LogP contribution < -0.4 is 11.5 Å². The molecule has 0 radical (unpaired) electrons. The first-order valence-electron chi connectivity index (χ1n) is 5.56. The van der Waals surface area contributed by atoms with Gasteiger partial charge in [0.2, 0.25) is 11.8 Å². The van der Waals surface area contributed by atoms with Crippen molar-refractivity contribution in [3.8, 4) is 0 Å². The average molecular weight is 232 g/mol. The van der Waals surface area contributed by atoms with Crippen LogP contribution in [0.3, 0.4) is 0 Å². The van der Waals surface area contributed by atoms with Gasteiger partial charge in [-0.05, 0) is 31.4 Å². The van der Waals surface area contributed by atoms with Gasteiger partial charge in [0.15, 0.2) is 0 Å². The maximum Gasteiger partial charge on any atom is 0.233 e. The van der Waals surface area contributed by atoms with Gasteiger partial charge >= 0.3 is 0 Å². The van der Waals surface area contributed by atoms with Crippen LogP contribution in [0.1, 0.15) is 29.0 Å². The normalized spacial score (nSPS) is 20.9. The zero-order valence-corrected chi connectivity index (χ0v) is 9.99. The van der Waals surface area contributed by atoms with Gasteiger partial charge in [-0.2, -0.15) is 0 Å². The molecule has 4 nitrogen and oxygen atoms in total. The summed E-state index contributed by atoms with van der Waals surface area (Å²) in [6.45, 7) is 3.96. The second-order valence-corrected chi connectivity index (χ2v) is 4.82. The monoisotopic (exact) mass is 232 g/mol. The molecule has 1 aliphatic carbocycles. The minimum atomic E-state index is -1.17. The van der Waals surface area contributed by atoms with Crippen LogP contribution in [0.4, 0.5) is 0 Å². The molecule has 1 atom stereocenters. The second-order valence-electron chi connectivity index (χ2n) is 4.82. The molecule has 1 aromatic carbocycles. The van der Waals surface area contributed by atoms with Crippen LogP contribution in [0.2, 0.25) is 0 Å². The molecule has 90 valence electrons. The van der Waals surface area contributed by atoms with Gasteiger partial charge in [0, 0.05) is 5.92 Å². The van der Waals surface area contributed by atoms with Crippen LogP contribution in [-0.4, -0.2) is 11.8 Å². The van der Waals surface area contributed by atoms with E-state index in [1.54, 1.807) is 0 Å². The van der Waals surface area contributed by atoms with Crippen LogP contribution in [0.25, 0.3) is 0 Å². The van der Waals surface area contributed by atoms with Crippen molar-refractivity contribution in [1.82, 2.24) is 0 Å². The van der Waals surface area contributed by atoms with E-state index in [1.807, 2.05) is 32.0 Å². The van der Waals surface area contributed by atoms with Crippen molar-refractivity contribution < 1.29 is 9.59 Å². The van der Waals surface area contributed by atoms with E-state index >= 15 is 0 Å². The molecule has 4 heteroatoms. The number of benzene rings is 1. The fraction of sp³-hybridized carbons (Fsp3) is 0.385. The summed E-state index contributed by atoms with van der Waals surface area (Å²) < 4.78 is 0. The first kappa shape index (κ1) is 11.6. The van der Waals surface area contributed by atoms with Gasteiger partial charge < -0.3 is 11.5 Å². The third-order valence-electron chi connectivity index (χ3n) is 3.64. The third-order valence-corrected chi connectivity index (χ3v) is 3.64. The summed E-state index contributed by atoms with van der Waals surface area (Å²) >= 11 is 0. The Morgan fingerprint density at radius 2 is 1.82 bits per heavy atom. The standard InChI is InChI=1S/C13H16N2O2/c1-7-3-4-9(8(2)5-7)10-6-13(10,11(14)16)12(15)17/h3-5,10H,6H2,1-2H3,(H2,14,16)(H2,15,17). The molecule has 4 N–H and O–H groups in total. The van der Waals surface area contributed by atoms with Crippen molar-refractivity contribution in [2.24, 2.45) is 16.9 Å². The molecule has 2 amide bonds. The second kappa shape index (κ2) is 3.58. The largest absolute Gasteiger partial charge is 0.369 e. The highest BCUT2D eigenvalue weighted by Gasteiger charge is 2.64. The molecule has 1 fully saturated rings. The lowest BCUT2D eigenvalue weighted by Gasteiger charge is -2.11. The lowest BCUT2D eigenvalue weighted by atomic mass is 9.94. The molecule has 17 heavy (non-hydrogen) atoms. The van der Waals surface area contributed by atoms with E-state index in [9.17, 15) is 9.59 Å². The molecule has 1 aromatic rings. The number of hydrogen-bond donors (Lipinski definition) is 2. The summed E-state index contributed by atoms with van der Waals surface area (Å²) in [5.74, 6) is -1.39. The Labute approximate surface area is 100.0 Å². The van der Waals surface area contributed by atoms with Gasteiger partial charge in [-0.3, -0.25) is 9.59 Å². The number of primary amides is 2. The molecule has 0 bridgehead atoms. The maximum absolute atomic E-state index is 11.4. The van der Waals surface area contributed by atoms with Crippen molar-refractivity contribution in [1.29, 1.82) is 0 Å². The topological polar surface area (TPSA) is 86.2 Å². The van der Waals surface area contributed by atoms with Crippen LogP contribution in [-0.2, 0) is 9.59 Å². The van der Waals surface area contributed by atoms with E-state index in [0.29, 0.717) is 6.42 Å². The Hall–Kier alpha value is -1.84. The quantitative estimate of drug-likeness (QED) is 0.753. The molecular weight excluding hydrogens is 216 g/mol. The summed E-state index contributed by atoms with van der Waals surface area (Å²) in [7, 11) is 0. The highest BCUT2D eigenvalue weighted by Crippen LogP contribution is 2.59. The number of rotatable bonds is 3. The van der Waals surface area contributed by atoms with E-state index in [1.165, 1.54) is 0 Å². The van der Waals surface area contributed by atoms with Crippen molar-refractivity contribution in [2.45, 2.75) is 26.2 Å². The predicted molar refractivity (Wildman–Crippen MR) is 64.1 cm³/mol. The minimum absolute atomic E-state index is 0.155. The van der Waals surface area contributed by atoms with E-state index in [-0.39, 0.29) is 5.92 Å². The van der Waals surface area contributed by atoms with Gasteiger partial charge in [-0.15, -0.1) is 0 Å². The van der Waals surface area contributed by atoms with Crippen LogP contribution >= 0.6 is 0 Å². The summed E-state index contributed by atoms with van der Waals surface area (Å²) in [4.78, 5) is 22.8. The molecule has 2 rings (SSSR count). The number of carbonyl (C=O) groups excluding carboxylic acids is 2. The van der Waals surface area contributed by atoms with E-state index in [4.69, 9.17) is 11.5 Å². The molecule has 0 heterocycles. The fourth-order valence-corrected chi connectivity index (χ4v) is 2.52.